The number of hydrogen-bond donors (Lipinski definition) is 0. The Morgan fingerprint density at radius 1 is 0.810 bits per heavy atom. The maximum atomic E-state index is 13.7. The largest absolute Gasteiger partial charge is 2.00 e. The van der Waals surface area contributed by atoms with E-state index < -0.39 is 42.0 Å². The second kappa shape index (κ2) is 7.73. The molecule has 0 N–H and O–H groups in total. The zero-order chi connectivity index (χ0) is 14.2. The van der Waals surface area contributed by atoms with Gasteiger partial charge < -0.3 is 21.8 Å². The Kier molecular flexibility index (Phi) is 7.57. The molecule has 0 aliphatic carbocycles. The molecule has 0 radical (unpaired) electrons. The van der Waals surface area contributed by atoms with Gasteiger partial charge in [-0.1, -0.05) is 30.8 Å². The van der Waals surface area contributed by atoms with Crippen molar-refractivity contribution >= 4 is 41.7 Å². The maximum absolute atomic E-state index is 13.7. The molecular formula is C13H9BrF4MgOSi. The summed E-state index contributed by atoms with van der Waals surface area (Å²) in [5, 5.41) is -0.867. The van der Waals surface area contributed by atoms with E-state index in [-0.39, 0.29) is 40.0 Å². The molecule has 0 unspecified atom stereocenters. The predicted molar refractivity (Wildman–Crippen MR) is 69.4 cm³/mol. The Hall–Kier alpha value is -0.417. The third kappa shape index (κ3) is 3.86. The molecule has 0 aliphatic rings. The van der Waals surface area contributed by atoms with Crippen molar-refractivity contribution in [2.24, 2.45) is 0 Å². The average Bonchev–Trinajstić information content (AvgIpc) is 2.35. The zero-order valence-corrected chi connectivity index (χ0v) is 15.0. The van der Waals surface area contributed by atoms with Crippen molar-refractivity contribution in [3.05, 3.63) is 59.7 Å². The molecule has 0 saturated heterocycles. The fourth-order valence-corrected chi connectivity index (χ4v) is 4.08. The van der Waals surface area contributed by atoms with Crippen molar-refractivity contribution in [3.63, 3.8) is 0 Å². The standard InChI is InChI=1S/C13H9F4OSi.BrH.Mg/c1-19(18,10-6-2-4-8(14)12(10)16)11-7-3-5-9(15)13(11)17;;/h2-7H,1H3;1H;/q-1;;+2/p-1. The average molecular weight is 390 g/mol. The van der Waals surface area contributed by atoms with Crippen LogP contribution in [0.5, 0.6) is 0 Å². The smallest absolute Gasteiger partial charge is 1.00 e. The van der Waals surface area contributed by atoms with E-state index in [0.717, 1.165) is 30.8 Å². The molecule has 0 fully saturated rings. The van der Waals surface area contributed by atoms with Crippen LogP contribution in [-0.2, 0) is 0 Å². The van der Waals surface area contributed by atoms with Crippen molar-refractivity contribution in [1.82, 2.24) is 0 Å². The number of rotatable bonds is 2. The fourth-order valence-electron chi connectivity index (χ4n) is 1.89. The SMILES string of the molecule is C[Si]([O-])(c1cccc(F)c1F)c1cccc(F)c1F.[Br-].[Mg+2]. The van der Waals surface area contributed by atoms with Crippen molar-refractivity contribution in [1.29, 1.82) is 0 Å². The topological polar surface area (TPSA) is 23.1 Å². The van der Waals surface area contributed by atoms with E-state index in [0.29, 0.717) is 0 Å². The van der Waals surface area contributed by atoms with Gasteiger partial charge in [0.15, 0.2) is 23.3 Å². The first-order valence-electron chi connectivity index (χ1n) is 5.45. The Bertz CT molecular complexity index is 586. The second-order valence-electron chi connectivity index (χ2n) is 4.24. The number of hydrogen-bond acceptors (Lipinski definition) is 1. The monoisotopic (exact) mass is 388 g/mol. The van der Waals surface area contributed by atoms with E-state index in [2.05, 4.69) is 0 Å². The Morgan fingerprint density at radius 3 is 1.48 bits per heavy atom. The van der Waals surface area contributed by atoms with E-state index in [4.69, 9.17) is 0 Å². The van der Waals surface area contributed by atoms with Gasteiger partial charge in [-0.25, -0.2) is 17.6 Å². The van der Waals surface area contributed by atoms with E-state index >= 15 is 0 Å². The molecule has 108 valence electrons. The molecule has 0 amide bonds. The summed E-state index contributed by atoms with van der Waals surface area (Å²) in [7, 11) is -4.09. The molecule has 0 atom stereocenters. The first-order valence-corrected chi connectivity index (χ1v) is 7.86. The van der Waals surface area contributed by atoms with Crippen LogP contribution in [0, 0.1) is 23.3 Å². The summed E-state index contributed by atoms with van der Waals surface area (Å²) < 4.78 is 53.6. The molecule has 2 aromatic carbocycles. The number of halogens is 5. The molecule has 1 nitrogen and oxygen atoms in total. The molecule has 0 aromatic heterocycles. The van der Waals surface area contributed by atoms with Crippen molar-refractivity contribution in [3.8, 4) is 0 Å². The van der Waals surface area contributed by atoms with Gasteiger partial charge in [0.1, 0.15) is 0 Å². The van der Waals surface area contributed by atoms with Gasteiger partial charge in [0.05, 0.1) is 0 Å². The van der Waals surface area contributed by atoms with E-state index in [1.807, 2.05) is 0 Å². The summed E-state index contributed by atoms with van der Waals surface area (Å²) in [5.74, 6) is -4.95. The molecule has 0 aliphatic heterocycles. The first kappa shape index (κ1) is 20.6. The van der Waals surface area contributed by atoms with Gasteiger partial charge in [0, 0.05) is 8.32 Å². The third-order valence-corrected chi connectivity index (χ3v) is 5.76. The van der Waals surface area contributed by atoms with Gasteiger partial charge >= 0.3 is 23.1 Å². The Morgan fingerprint density at radius 2 is 1.14 bits per heavy atom. The summed E-state index contributed by atoms with van der Waals surface area (Å²) in [4.78, 5) is 12.6. The molecule has 0 bridgehead atoms. The predicted octanol–water partition coefficient (Wildman–Crippen LogP) is -2.08. The minimum absolute atomic E-state index is 0. The molecule has 8 heteroatoms. The van der Waals surface area contributed by atoms with Crippen molar-refractivity contribution in [2.45, 2.75) is 6.55 Å². The summed E-state index contributed by atoms with van der Waals surface area (Å²) >= 11 is 0. The fraction of sp³-hybridized carbons (Fsp3) is 0.0769. The van der Waals surface area contributed by atoms with E-state index in [1.54, 1.807) is 0 Å². The van der Waals surface area contributed by atoms with Gasteiger partial charge in [0.2, 0.25) is 0 Å². The number of benzene rings is 2. The molecule has 0 heterocycles. The van der Waals surface area contributed by atoms with Gasteiger partial charge in [-0.2, -0.15) is 0 Å². The van der Waals surface area contributed by atoms with Crippen LogP contribution < -0.4 is 32.2 Å². The van der Waals surface area contributed by atoms with Gasteiger partial charge in [-0.05, 0) is 22.5 Å². The van der Waals surface area contributed by atoms with E-state index in [9.17, 15) is 22.4 Å². The Balaban J connectivity index is 0.00000200. The summed E-state index contributed by atoms with van der Waals surface area (Å²) in [6, 6.07) is 6.31. The van der Waals surface area contributed by atoms with E-state index in [1.165, 1.54) is 12.1 Å². The molecular weight excluding hydrogens is 380 g/mol. The van der Waals surface area contributed by atoms with Gasteiger partial charge in [-0.15, -0.1) is 0 Å². The Labute approximate surface area is 147 Å². The summed E-state index contributed by atoms with van der Waals surface area (Å²) in [6.07, 6.45) is 0. The first-order chi connectivity index (χ1) is 8.85. The van der Waals surface area contributed by atoms with Crippen LogP contribution in [0.3, 0.4) is 0 Å². The van der Waals surface area contributed by atoms with Crippen LogP contribution >= 0.6 is 0 Å². The molecule has 0 spiro atoms. The van der Waals surface area contributed by atoms with Crippen LogP contribution in [0.1, 0.15) is 0 Å². The van der Waals surface area contributed by atoms with Crippen molar-refractivity contribution in [2.75, 3.05) is 0 Å². The van der Waals surface area contributed by atoms with Crippen LogP contribution in [0.2, 0.25) is 6.55 Å². The zero-order valence-electron chi connectivity index (χ0n) is 11.0. The maximum Gasteiger partial charge on any atom is 2.00 e. The second-order valence-corrected chi connectivity index (χ2v) is 7.38. The molecule has 2 aromatic rings. The summed E-state index contributed by atoms with van der Waals surface area (Å²) in [6.45, 7) is 1.10. The van der Waals surface area contributed by atoms with Gasteiger partial charge in [-0.3, -0.25) is 0 Å². The third-order valence-electron chi connectivity index (χ3n) is 2.93. The quantitative estimate of drug-likeness (QED) is 0.427. The van der Waals surface area contributed by atoms with Crippen molar-refractivity contribution < 1.29 is 39.3 Å². The van der Waals surface area contributed by atoms with Crippen LogP contribution in [0.15, 0.2) is 36.4 Å². The minimum atomic E-state index is -4.09. The van der Waals surface area contributed by atoms with Crippen LogP contribution in [0.25, 0.3) is 0 Å². The summed E-state index contributed by atoms with van der Waals surface area (Å²) in [5.41, 5.74) is 0. The molecule has 21 heavy (non-hydrogen) atoms. The minimum Gasteiger partial charge on any atom is -1.00 e. The van der Waals surface area contributed by atoms with Gasteiger partial charge in [0.25, 0.3) is 0 Å². The normalized spacial score (nSPS) is 10.6. The van der Waals surface area contributed by atoms with Crippen LogP contribution in [-0.4, -0.2) is 31.4 Å². The van der Waals surface area contributed by atoms with Crippen LogP contribution in [0.4, 0.5) is 17.6 Å². The molecule has 0 saturated carbocycles. The molecule has 2 rings (SSSR count).